The Morgan fingerprint density at radius 1 is 1.29 bits per heavy atom. The lowest BCUT2D eigenvalue weighted by atomic mass is 10.2. The van der Waals surface area contributed by atoms with Gasteiger partial charge >= 0.3 is 0 Å². The van der Waals surface area contributed by atoms with E-state index in [1.807, 2.05) is 12.1 Å². The number of nitrogens with zero attached hydrogens (tertiary/aromatic N) is 1. The first-order valence-electron chi connectivity index (χ1n) is 6.40. The molecular weight excluding hydrogens is 271 g/mol. The van der Waals surface area contributed by atoms with Gasteiger partial charge in [0.2, 0.25) is 0 Å². The van der Waals surface area contributed by atoms with Crippen molar-refractivity contribution in [1.29, 1.82) is 0 Å². The van der Waals surface area contributed by atoms with Crippen molar-refractivity contribution < 1.29 is 9.18 Å². The zero-order valence-corrected chi connectivity index (χ0v) is 11.3. The number of carbonyl (C=O) groups is 1. The van der Waals surface area contributed by atoms with Crippen LogP contribution in [0.15, 0.2) is 42.6 Å². The zero-order valence-electron chi connectivity index (χ0n) is 11.3. The minimum atomic E-state index is -0.396. The summed E-state index contributed by atoms with van der Waals surface area (Å²) in [6.07, 6.45) is 1.78. The molecule has 0 saturated carbocycles. The van der Waals surface area contributed by atoms with Crippen molar-refractivity contribution in [3.63, 3.8) is 0 Å². The van der Waals surface area contributed by atoms with Crippen LogP contribution in [0.3, 0.4) is 0 Å². The van der Waals surface area contributed by atoms with Crippen LogP contribution in [0.5, 0.6) is 0 Å². The Bertz CT molecular complexity index is 777. The summed E-state index contributed by atoms with van der Waals surface area (Å²) in [5.41, 5.74) is 2.99. The lowest BCUT2D eigenvalue weighted by Crippen LogP contribution is -2.13. The predicted octanol–water partition coefficient (Wildman–Crippen LogP) is 3.10. The Morgan fingerprint density at radius 3 is 2.90 bits per heavy atom. The maximum absolute atomic E-state index is 13.2. The summed E-state index contributed by atoms with van der Waals surface area (Å²) in [6, 6.07) is 9.59. The maximum atomic E-state index is 13.2. The van der Waals surface area contributed by atoms with Crippen molar-refractivity contribution in [1.82, 2.24) is 15.2 Å². The van der Waals surface area contributed by atoms with E-state index in [2.05, 4.69) is 20.5 Å². The van der Waals surface area contributed by atoms with E-state index in [1.54, 1.807) is 25.3 Å². The number of rotatable bonds is 3. The van der Waals surface area contributed by atoms with Crippen LogP contribution < -0.4 is 5.32 Å². The van der Waals surface area contributed by atoms with Crippen molar-refractivity contribution in [3.8, 4) is 11.4 Å². The standard InChI is InChI=1S/C15H13FN4O/c1-9-4-5-10(16)7-12(9)18-15(21)14-8-13(19-20-14)11-3-2-6-17-11/h2-8,17H,1H3,(H,18,21)(H,19,20). The van der Waals surface area contributed by atoms with E-state index in [1.165, 1.54) is 12.1 Å². The third-order valence-electron chi connectivity index (χ3n) is 3.14. The van der Waals surface area contributed by atoms with Gasteiger partial charge in [0, 0.05) is 11.9 Å². The number of aromatic nitrogens is 3. The fourth-order valence-corrected chi connectivity index (χ4v) is 1.98. The van der Waals surface area contributed by atoms with Gasteiger partial charge in [-0.25, -0.2) is 4.39 Å². The molecule has 0 radical (unpaired) electrons. The van der Waals surface area contributed by atoms with Crippen molar-refractivity contribution in [2.75, 3.05) is 5.32 Å². The highest BCUT2D eigenvalue weighted by atomic mass is 19.1. The number of H-pyrrole nitrogens is 2. The number of benzene rings is 1. The molecule has 0 fully saturated rings. The summed E-state index contributed by atoms with van der Waals surface area (Å²) in [7, 11) is 0. The second-order valence-electron chi connectivity index (χ2n) is 4.66. The van der Waals surface area contributed by atoms with E-state index in [-0.39, 0.29) is 5.91 Å². The van der Waals surface area contributed by atoms with E-state index in [9.17, 15) is 9.18 Å². The van der Waals surface area contributed by atoms with Crippen LogP contribution in [-0.2, 0) is 0 Å². The molecule has 0 saturated heterocycles. The summed E-state index contributed by atoms with van der Waals surface area (Å²) in [6.45, 7) is 1.80. The molecule has 0 atom stereocenters. The highest BCUT2D eigenvalue weighted by Gasteiger charge is 2.13. The van der Waals surface area contributed by atoms with Crippen LogP contribution in [0.1, 0.15) is 16.1 Å². The van der Waals surface area contributed by atoms with E-state index in [4.69, 9.17) is 0 Å². The molecule has 0 unspecified atom stereocenters. The van der Waals surface area contributed by atoms with Gasteiger partial charge in [-0.05, 0) is 42.8 Å². The lowest BCUT2D eigenvalue weighted by molar-refractivity contribution is 0.102. The molecule has 1 amide bonds. The van der Waals surface area contributed by atoms with E-state index in [0.717, 1.165) is 11.3 Å². The third-order valence-corrected chi connectivity index (χ3v) is 3.14. The fraction of sp³-hybridized carbons (Fsp3) is 0.0667. The fourth-order valence-electron chi connectivity index (χ4n) is 1.98. The molecule has 106 valence electrons. The van der Waals surface area contributed by atoms with Gasteiger partial charge in [-0.2, -0.15) is 5.10 Å². The maximum Gasteiger partial charge on any atom is 0.273 e. The Morgan fingerprint density at radius 2 is 2.14 bits per heavy atom. The number of aromatic amines is 2. The molecule has 6 heteroatoms. The Kier molecular flexibility index (Phi) is 3.27. The first-order chi connectivity index (χ1) is 10.1. The van der Waals surface area contributed by atoms with Crippen LogP contribution in [-0.4, -0.2) is 21.1 Å². The number of anilines is 1. The number of halogens is 1. The second kappa shape index (κ2) is 5.24. The highest BCUT2D eigenvalue weighted by molar-refractivity contribution is 6.03. The predicted molar refractivity (Wildman–Crippen MR) is 77.5 cm³/mol. The Balaban J connectivity index is 1.81. The van der Waals surface area contributed by atoms with Gasteiger partial charge in [0.05, 0.1) is 5.69 Å². The normalized spacial score (nSPS) is 10.6. The van der Waals surface area contributed by atoms with Crippen LogP contribution >= 0.6 is 0 Å². The molecule has 0 aliphatic rings. The minimum Gasteiger partial charge on any atom is -0.360 e. The van der Waals surface area contributed by atoms with E-state index < -0.39 is 5.82 Å². The van der Waals surface area contributed by atoms with E-state index in [0.29, 0.717) is 17.1 Å². The molecular formula is C15H13FN4O. The van der Waals surface area contributed by atoms with Crippen LogP contribution in [0.25, 0.3) is 11.4 Å². The molecule has 0 spiro atoms. The number of amides is 1. The summed E-state index contributed by atoms with van der Waals surface area (Å²) < 4.78 is 13.2. The first-order valence-corrected chi connectivity index (χ1v) is 6.40. The largest absolute Gasteiger partial charge is 0.360 e. The van der Waals surface area contributed by atoms with Gasteiger partial charge in [0.15, 0.2) is 0 Å². The number of hydrogen-bond donors (Lipinski definition) is 3. The second-order valence-corrected chi connectivity index (χ2v) is 4.66. The summed E-state index contributed by atoms with van der Waals surface area (Å²) >= 11 is 0. The average Bonchev–Trinajstić information content (AvgIpc) is 3.12. The highest BCUT2D eigenvalue weighted by Crippen LogP contribution is 2.18. The summed E-state index contributed by atoms with van der Waals surface area (Å²) in [5, 5.41) is 9.41. The molecule has 3 aromatic rings. The van der Waals surface area contributed by atoms with Gasteiger partial charge in [-0.15, -0.1) is 0 Å². The molecule has 3 N–H and O–H groups in total. The quantitative estimate of drug-likeness (QED) is 0.691. The molecule has 2 heterocycles. The van der Waals surface area contributed by atoms with Gasteiger partial charge in [-0.3, -0.25) is 9.89 Å². The Hall–Kier alpha value is -2.89. The number of aryl methyl sites for hydroxylation is 1. The third kappa shape index (κ3) is 2.69. The van der Waals surface area contributed by atoms with Crippen molar-refractivity contribution in [3.05, 3.63) is 59.7 Å². The molecule has 5 nitrogen and oxygen atoms in total. The van der Waals surface area contributed by atoms with Gasteiger partial charge in [-0.1, -0.05) is 6.07 Å². The van der Waals surface area contributed by atoms with Crippen LogP contribution in [0, 0.1) is 12.7 Å². The average molecular weight is 284 g/mol. The van der Waals surface area contributed by atoms with Gasteiger partial charge < -0.3 is 10.3 Å². The molecule has 21 heavy (non-hydrogen) atoms. The molecule has 1 aromatic carbocycles. The van der Waals surface area contributed by atoms with Crippen molar-refractivity contribution >= 4 is 11.6 Å². The van der Waals surface area contributed by atoms with Crippen molar-refractivity contribution in [2.24, 2.45) is 0 Å². The smallest absolute Gasteiger partial charge is 0.273 e. The van der Waals surface area contributed by atoms with Gasteiger partial charge in [0.1, 0.15) is 17.2 Å². The van der Waals surface area contributed by atoms with Gasteiger partial charge in [0.25, 0.3) is 5.91 Å². The molecule has 3 rings (SSSR count). The van der Waals surface area contributed by atoms with Crippen LogP contribution in [0.4, 0.5) is 10.1 Å². The zero-order chi connectivity index (χ0) is 14.8. The molecule has 0 aliphatic heterocycles. The van der Waals surface area contributed by atoms with Crippen LogP contribution in [0.2, 0.25) is 0 Å². The summed E-state index contributed by atoms with van der Waals surface area (Å²) in [5.74, 6) is -0.762. The molecule has 2 aromatic heterocycles. The first kappa shape index (κ1) is 13.1. The number of carbonyl (C=O) groups excluding carboxylic acids is 1. The lowest BCUT2D eigenvalue weighted by Gasteiger charge is -2.06. The number of hydrogen-bond acceptors (Lipinski definition) is 2. The SMILES string of the molecule is Cc1ccc(F)cc1NC(=O)c1cc(-c2ccc[nH]2)n[nH]1. The van der Waals surface area contributed by atoms with E-state index >= 15 is 0 Å². The monoisotopic (exact) mass is 284 g/mol. The van der Waals surface area contributed by atoms with Crippen molar-refractivity contribution in [2.45, 2.75) is 6.92 Å². The summed E-state index contributed by atoms with van der Waals surface area (Å²) in [4.78, 5) is 15.2. The Labute approximate surface area is 120 Å². The molecule has 0 aliphatic carbocycles. The minimum absolute atomic E-state index is 0.309. The number of nitrogens with one attached hydrogen (secondary N) is 3. The topological polar surface area (TPSA) is 73.6 Å². The molecule has 0 bridgehead atoms.